The zero-order valence-electron chi connectivity index (χ0n) is 10.2. The van der Waals surface area contributed by atoms with Crippen LogP contribution in [-0.4, -0.2) is 45.6 Å². The Balaban J connectivity index is 1.79. The zero-order chi connectivity index (χ0) is 11.4. The third kappa shape index (κ3) is 2.80. The van der Waals surface area contributed by atoms with E-state index in [1.807, 2.05) is 17.9 Å². The van der Waals surface area contributed by atoms with Gasteiger partial charge in [0.25, 0.3) is 0 Å². The summed E-state index contributed by atoms with van der Waals surface area (Å²) in [4.78, 5) is 2.50. The number of nitrogens with zero attached hydrogens (tertiary/aromatic N) is 4. The van der Waals surface area contributed by atoms with E-state index < -0.39 is 0 Å². The van der Waals surface area contributed by atoms with Crippen molar-refractivity contribution in [2.75, 3.05) is 19.6 Å². The van der Waals surface area contributed by atoms with E-state index >= 15 is 0 Å². The van der Waals surface area contributed by atoms with Crippen LogP contribution in [-0.2, 0) is 13.6 Å². The second-order valence-electron chi connectivity index (χ2n) is 4.46. The molecule has 2 heterocycles. The first-order valence-corrected chi connectivity index (χ1v) is 6.09. The molecule has 5 nitrogen and oxygen atoms in total. The maximum Gasteiger partial charge on any atom is 0.0738 e. The van der Waals surface area contributed by atoms with E-state index in [-0.39, 0.29) is 0 Å². The largest absolute Gasteiger partial charge is 0.307 e. The van der Waals surface area contributed by atoms with Crippen LogP contribution in [0.5, 0.6) is 0 Å². The summed E-state index contributed by atoms with van der Waals surface area (Å²) in [5.74, 6) is 0. The van der Waals surface area contributed by atoms with Gasteiger partial charge in [0.15, 0.2) is 0 Å². The Kier molecular flexibility index (Phi) is 3.90. The lowest BCUT2D eigenvalue weighted by molar-refractivity contribution is 0.198. The van der Waals surface area contributed by atoms with E-state index in [1.165, 1.54) is 25.9 Å². The van der Waals surface area contributed by atoms with E-state index in [0.717, 1.165) is 18.8 Å². The van der Waals surface area contributed by atoms with Crippen LogP contribution in [0.15, 0.2) is 6.20 Å². The fourth-order valence-electron chi connectivity index (χ4n) is 2.23. The minimum Gasteiger partial charge on any atom is -0.307 e. The van der Waals surface area contributed by atoms with Crippen LogP contribution in [0.2, 0.25) is 0 Å². The highest BCUT2D eigenvalue weighted by Gasteiger charge is 2.18. The zero-order valence-corrected chi connectivity index (χ0v) is 10.2. The number of piperidine rings is 1. The fourth-order valence-corrected chi connectivity index (χ4v) is 2.23. The number of aromatic nitrogens is 3. The summed E-state index contributed by atoms with van der Waals surface area (Å²) in [5.41, 5.74) is 1.15. The van der Waals surface area contributed by atoms with Gasteiger partial charge in [-0.25, -0.2) is 0 Å². The molecule has 1 unspecified atom stereocenters. The highest BCUT2D eigenvalue weighted by molar-refractivity contribution is 4.93. The molecular formula is C11H21N5. The van der Waals surface area contributed by atoms with E-state index in [0.29, 0.717) is 6.04 Å². The highest BCUT2D eigenvalue weighted by Crippen LogP contribution is 2.10. The number of likely N-dealkylation sites (N-methyl/N-ethyl adjacent to an activating group) is 1. The van der Waals surface area contributed by atoms with Crippen molar-refractivity contribution in [3.63, 3.8) is 0 Å². The van der Waals surface area contributed by atoms with Gasteiger partial charge in [0.1, 0.15) is 0 Å². The number of nitrogens with one attached hydrogen (secondary N) is 1. The molecule has 16 heavy (non-hydrogen) atoms. The fraction of sp³-hybridized carbons (Fsp3) is 0.818. The molecule has 1 atom stereocenters. The Bertz CT molecular complexity index is 322. The number of rotatable bonds is 4. The summed E-state index contributed by atoms with van der Waals surface area (Å²) < 4.78 is 1.83. The maximum absolute atomic E-state index is 3.93. The van der Waals surface area contributed by atoms with Crippen LogP contribution in [0.4, 0.5) is 0 Å². The molecule has 5 heteroatoms. The Morgan fingerprint density at radius 1 is 1.56 bits per heavy atom. The highest BCUT2D eigenvalue weighted by atomic mass is 15.4. The third-order valence-electron chi connectivity index (χ3n) is 3.33. The lowest BCUT2D eigenvalue weighted by Gasteiger charge is -2.32. The average Bonchev–Trinajstić information content (AvgIpc) is 2.72. The van der Waals surface area contributed by atoms with Crippen molar-refractivity contribution in [1.82, 2.24) is 25.2 Å². The van der Waals surface area contributed by atoms with Gasteiger partial charge in [-0.1, -0.05) is 12.1 Å². The van der Waals surface area contributed by atoms with Gasteiger partial charge in [-0.3, -0.25) is 4.68 Å². The van der Waals surface area contributed by atoms with E-state index in [4.69, 9.17) is 0 Å². The molecule has 1 N–H and O–H groups in total. The quantitative estimate of drug-likeness (QED) is 0.802. The predicted octanol–water partition coefficient (Wildman–Crippen LogP) is 0.389. The van der Waals surface area contributed by atoms with Crippen molar-refractivity contribution >= 4 is 0 Å². The van der Waals surface area contributed by atoms with E-state index in [1.54, 1.807) is 0 Å². The van der Waals surface area contributed by atoms with E-state index in [9.17, 15) is 0 Å². The van der Waals surface area contributed by atoms with Crippen LogP contribution >= 0.6 is 0 Å². The SMILES string of the molecule is CCN1CCCC(NCc2cnnn2C)C1. The number of aryl methyl sites for hydroxylation is 1. The van der Waals surface area contributed by atoms with Gasteiger partial charge >= 0.3 is 0 Å². The van der Waals surface area contributed by atoms with Gasteiger partial charge in [-0.2, -0.15) is 0 Å². The Hall–Kier alpha value is -0.940. The second kappa shape index (κ2) is 5.41. The number of hydrogen-bond donors (Lipinski definition) is 1. The first-order valence-electron chi connectivity index (χ1n) is 6.09. The molecule has 0 bridgehead atoms. The minimum atomic E-state index is 0.614. The van der Waals surface area contributed by atoms with Crippen LogP contribution in [0.1, 0.15) is 25.5 Å². The van der Waals surface area contributed by atoms with Crippen LogP contribution in [0, 0.1) is 0 Å². The average molecular weight is 223 g/mol. The summed E-state index contributed by atoms with van der Waals surface area (Å²) in [7, 11) is 1.93. The molecule has 1 saturated heterocycles. The maximum atomic E-state index is 3.93. The van der Waals surface area contributed by atoms with Gasteiger partial charge in [-0.05, 0) is 25.9 Å². The summed E-state index contributed by atoms with van der Waals surface area (Å²) >= 11 is 0. The predicted molar refractivity (Wildman–Crippen MR) is 63.0 cm³/mol. The first-order chi connectivity index (χ1) is 7.79. The summed E-state index contributed by atoms with van der Waals surface area (Å²) in [6.07, 6.45) is 4.41. The lowest BCUT2D eigenvalue weighted by atomic mass is 10.1. The Labute approximate surface area is 96.8 Å². The summed E-state index contributed by atoms with van der Waals surface area (Å²) in [5, 5.41) is 11.4. The van der Waals surface area contributed by atoms with Crippen molar-refractivity contribution < 1.29 is 0 Å². The molecular weight excluding hydrogens is 202 g/mol. The first kappa shape index (κ1) is 11.5. The van der Waals surface area contributed by atoms with Crippen molar-refractivity contribution in [3.05, 3.63) is 11.9 Å². The second-order valence-corrected chi connectivity index (χ2v) is 4.46. The van der Waals surface area contributed by atoms with E-state index in [2.05, 4.69) is 27.5 Å². The van der Waals surface area contributed by atoms with Crippen molar-refractivity contribution in [2.45, 2.75) is 32.4 Å². The monoisotopic (exact) mass is 223 g/mol. The lowest BCUT2D eigenvalue weighted by Crippen LogP contribution is -2.45. The topological polar surface area (TPSA) is 46.0 Å². The van der Waals surface area contributed by atoms with Crippen LogP contribution < -0.4 is 5.32 Å². The van der Waals surface area contributed by atoms with Crippen molar-refractivity contribution in [2.24, 2.45) is 7.05 Å². The summed E-state index contributed by atoms with van der Waals surface area (Å²) in [6.45, 7) is 6.67. The smallest absolute Gasteiger partial charge is 0.0738 e. The van der Waals surface area contributed by atoms with Crippen molar-refractivity contribution in [1.29, 1.82) is 0 Å². The normalized spacial score (nSPS) is 22.5. The molecule has 0 saturated carbocycles. The molecule has 0 radical (unpaired) electrons. The van der Waals surface area contributed by atoms with Gasteiger partial charge < -0.3 is 10.2 Å². The summed E-state index contributed by atoms with van der Waals surface area (Å²) in [6, 6.07) is 0.614. The molecule has 0 amide bonds. The molecule has 1 aromatic rings. The third-order valence-corrected chi connectivity index (χ3v) is 3.33. The molecule has 1 aromatic heterocycles. The molecule has 1 aliphatic heterocycles. The number of likely N-dealkylation sites (tertiary alicyclic amines) is 1. The van der Waals surface area contributed by atoms with Crippen molar-refractivity contribution in [3.8, 4) is 0 Å². The Morgan fingerprint density at radius 2 is 2.44 bits per heavy atom. The van der Waals surface area contributed by atoms with Crippen LogP contribution in [0.25, 0.3) is 0 Å². The molecule has 1 fully saturated rings. The van der Waals surface area contributed by atoms with Gasteiger partial charge in [-0.15, -0.1) is 5.10 Å². The standard InChI is InChI=1S/C11H21N5/c1-3-16-6-4-5-10(9-16)12-7-11-8-13-14-15(11)2/h8,10,12H,3-7,9H2,1-2H3. The molecule has 0 aliphatic carbocycles. The minimum absolute atomic E-state index is 0.614. The van der Waals surface area contributed by atoms with Gasteiger partial charge in [0, 0.05) is 26.2 Å². The molecule has 90 valence electrons. The van der Waals surface area contributed by atoms with Crippen LogP contribution in [0.3, 0.4) is 0 Å². The Morgan fingerprint density at radius 3 is 3.12 bits per heavy atom. The molecule has 0 spiro atoms. The number of hydrogen-bond acceptors (Lipinski definition) is 4. The van der Waals surface area contributed by atoms with Gasteiger partial charge in [0.2, 0.25) is 0 Å². The molecule has 2 rings (SSSR count). The molecule has 1 aliphatic rings. The molecule has 0 aromatic carbocycles. The van der Waals surface area contributed by atoms with Gasteiger partial charge in [0.05, 0.1) is 11.9 Å².